The predicted octanol–water partition coefficient (Wildman–Crippen LogP) is 2.78. The first-order chi connectivity index (χ1) is 8.88. The second-order valence-corrected chi connectivity index (χ2v) is 5.88. The Hall–Kier alpha value is -1.49. The van der Waals surface area contributed by atoms with Crippen molar-refractivity contribution in [1.29, 1.82) is 0 Å². The molecule has 0 N–H and O–H groups in total. The minimum Gasteiger partial charge on any atom is -0.269 e. The minimum absolute atomic E-state index is 0.890. The van der Waals surface area contributed by atoms with Crippen LogP contribution in [0.2, 0.25) is 0 Å². The van der Waals surface area contributed by atoms with Gasteiger partial charge in [0.25, 0.3) is 0 Å². The Kier molecular flexibility index (Phi) is 2.17. The fourth-order valence-corrected chi connectivity index (χ4v) is 4.06. The summed E-state index contributed by atoms with van der Waals surface area (Å²) in [5.41, 5.74) is 2.48. The van der Waals surface area contributed by atoms with Gasteiger partial charge in [-0.25, -0.2) is 4.98 Å². The highest BCUT2D eigenvalue weighted by molar-refractivity contribution is 7.19. The Morgan fingerprint density at radius 1 is 1.28 bits per heavy atom. The summed E-state index contributed by atoms with van der Waals surface area (Å²) in [6.45, 7) is 2.10. The van der Waals surface area contributed by atoms with E-state index in [0.29, 0.717) is 0 Å². The van der Waals surface area contributed by atoms with E-state index in [2.05, 4.69) is 22.1 Å². The average Bonchev–Trinajstić information content (AvgIpc) is 2.98. The third kappa shape index (κ3) is 1.28. The smallest absolute Gasteiger partial charge is 0.172 e. The van der Waals surface area contributed by atoms with E-state index in [1.54, 1.807) is 0 Å². The standard InChI is InChI=1S/C13H14N4S/c1-2-10-15-16-12-11-8-5-3-4-6-9(8)18-13(11)14-7-17(10)12/h7H,2-6H2,1H3. The van der Waals surface area contributed by atoms with Crippen LogP contribution in [0.25, 0.3) is 15.9 Å². The molecule has 0 saturated carbocycles. The van der Waals surface area contributed by atoms with Gasteiger partial charge in [0.15, 0.2) is 5.65 Å². The normalized spacial score (nSPS) is 15.4. The lowest BCUT2D eigenvalue weighted by atomic mass is 9.97. The number of fused-ring (bicyclic) bond motifs is 5. The molecule has 4 rings (SSSR count). The van der Waals surface area contributed by atoms with Gasteiger partial charge in [-0.1, -0.05) is 6.92 Å². The van der Waals surface area contributed by atoms with Gasteiger partial charge in [-0.15, -0.1) is 21.5 Å². The average molecular weight is 258 g/mol. The number of aryl methyl sites for hydroxylation is 3. The maximum atomic E-state index is 4.60. The summed E-state index contributed by atoms with van der Waals surface area (Å²) < 4.78 is 2.05. The fraction of sp³-hybridized carbons (Fsp3) is 0.462. The number of aromatic nitrogens is 4. The zero-order valence-electron chi connectivity index (χ0n) is 10.3. The Bertz CT molecular complexity index is 740. The third-order valence-corrected chi connectivity index (χ3v) is 4.95. The lowest BCUT2D eigenvalue weighted by molar-refractivity contribution is 0.700. The summed E-state index contributed by atoms with van der Waals surface area (Å²) in [7, 11) is 0. The monoisotopic (exact) mass is 258 g/mol. The second kappa shape index (κ2) is 3.75. The van der Waals surface area contributed by atoms with E-state index >= 15 is 0 Å². The van der Waals surface area contributed by atoms with Crippen molar-refractivity contribution in [3.63, 3.8) is 0 Å². The van der Waals surface area contributed by atoms with Crippen LogP contribution in [-0.2, 0) is 19.3 Å². The van der Waals surface area contributed by atoms with Crippen molar-refractivity contribution in [2.45, 2.75) is 39.0 Å². The molecule has 5 heteroatoms. The van der Waals surface area contributed by atoms with Crippen molar-refractivity contribution < 1.29 is 0 Å². The van der Waals surface area contributed by atoms with E-state index in [1.807, 2.05) is 22.1 Å². The summed E-state index contributed by atoms with van der Waals surface area (Å²) in [5.74, 6) is 0.996. The zero-order valence-corrected chi connectivity index (χ0v) is 11.1. The van der Waals surface area contributed by atoms with Gasteiger partial charge in [0.1, 0.15) is 17.0 Å². The molecule has 18 heavy (non-hydrogen) atoms. The van der Waals surface area contributed by atoms with E-state index in [1.165, 1.54) is 41.5 Å². The summed E-state index contributed by atoms with van der Waals surface area (Å²) >= 11 is 1.84. The van der Waals surface area contributed by atoms with Crippen LogP contribution in [0.3, 0.4) is 0 Å². The molecule has 0 aromatic carbocycles. The predicted molar refractivity (Wildman–Crippen MR) is 72.2 cm³/mol. The van der Waals surface area contributed by atoms with Crippen LogP contribution < -0.4 is 0 Å². The Morgan fingerprint density at radius 2 is 2.17 bits per heavy atom. The minimum atomic E-state index is 0.890. The van der Waals surface area contributed by atoms with E-state index in [4.69, 9.17) is 0 Å². The number of hydrogen-bond acceptors (Lipinski definition) is 4. The number of thiophene rings is 1. The topological polar surface area (TPSA) is 43.1 Å². The highest BCUT2D eigenvalue weighted by atomic mass is 32.1. The van der Waals surface area contributed by atoms with Gasteiger partial charge in [0.2, 0.25) is 0 Å². The molecule has 3 heterocycles. The van der Waals surface area contributed by atoms with Crippen molar-refractivity contribution in [2.75, 3.05) is 0 Å². The Labute approximate surface area is 109 Å². The third-order valence-electron chi connectivity index (χ3n) is 3.75. The van der Waals surface area contributed by atoms with Crippen molar-refractivity contribution in [2.24, 2.45) is 0 Å². The molecule has 0 saturated heterocycles. The molecule has 0 bridgehead atoms. The number of rotatable bonds is 1. The van der Waals surface area contributed by atoms with E-state index in [9.17, 15) is 0 Å². The quantitative estimate of drug-likeness (QED) is 0.674. The molecule has 0 radical (unpaired) electrons. The first-order valence-corrected chi connectivity index (χ1v) is 7.33. The maximum Gasteiger partial charge on any atom is 0.172 e. The molecule has 1 aliphatic rings. The van der Waals surface area contributed by atoms with Gasteiger partial charge in [0.05, 0.1) is 5.39 Å². The zero-order chi connectivity index (χ0) is 12.1. The van der Waals surface area contributed by atoms with Gasteiger partial charge >= 0.3 is 0 Å². The molecular weight excluding hydrogens is 244 g/mol. The molecular formula is C13H14N4S. The van der Waals surface area contributed by atoms with Gasteiger partial charge < -0.3 is 0 Å². The van der Waals surface area contributed by atoms with E-state index in [-0.39, 0.29) is 0 Å². The molecule has 0 aliphatic heterocycles. The molecule has 0 fully saturated rings. The van der Waals surface area contributed by atoms with Gasteiger partial charge in [0, 0.05) is 11.3 Å². The molecule has 4 nitrogen and oxygen atoms in total. The van der Waals surface area contributed by atoms with Crippen molar-refractivity contribution in [3.8, 4) is 0 Å². The summed E-state index contributed by atoms with van der Waals surface area (Å²) in [6, 6.07) is 0. The lowest BCUT2D eigenvalue weighted by Gasteiger charge is -2.10. The first kappa shape index (κ1) is 10.4. The fourth-order valence-electron chi connectivity index (χ4n) is 2.84. The van der Waals surface area contributed by atoms with Crippen LogP contribution in [0.5, 0.6) is 0 Å². The molecule has 0 amide bonds. The highest BCUT2D eigenvalue weighted by Gasteiger charge is 2.20. The molecule has 92 valence electrons. The summed E-state index contributed by atoms with van der Waals surface area (Å²) in [5, 5.41) is 9.90. The lowest BCUT2D eigenvalue weighted by Crippen LogP contribution is -1.99. The molecule has 3 aromatic heterocycles. The molecule has 1 aliphatic carbocycles. The molecule has 3 aromatic rings. The van der Waals surface area contributed by atoms with Crippen LogP contribution in [0.1, 0.15) is 36.0 Å². The van der Waals surface area contributed by atoms with Crippen molar-refractivity contribution >= 4 is 27.2 Å². The van der Waals surface area contributed by atoms with Crippen LogP contribution in [-0.4, -0.2) is 19.6 Å². The molecule has 0 atom stereocenters. The number of hydrogen-bond donors (Lipinski definition) is 0. The van der Waals surface area contributed by atoms with E-state index in [0.717, 1.165) is 22.7 Å². The molecule has 0 unspecified atom stereocenters. The highest BCUT2D eigenvalue weighted by Crippen LogP contribution is 2.36. The van der Waals surface area contributed by atoms with Crippen molar-refractivity contribution in [1.82, 2.24) is 19.6 Å². The van der Waals surface area contributed by atoms with Gasteiger partial charge in [-0.05, 0) is 31.2 Å². The largest absolute Gasteiger partial charge is 0.269 e. The van der Waals surface area contributed by atoms with Crippen LogP contribution in [0.15, 0.2) is 6.33 Å². The first-order valence-electron chi connectivity index (χ1n) is 6.51. The van der Waals surface area contributed by atoms with E-state index < -0.39 is 0 Å². The van der Waals surface area contributed by atoms with Crippen LogP contribution in [0, 0.1) is 0 Å². The number of nitrogens with zero attached hydrogens (tertiary/aromatic N) is 4. The van der Waals surface area contributed by atoms with Crippen molar-refractivity contribution in [3.05, 3.63) is 22.6 Å². The second-order valence-electron chi connectivity index (χ2n) is 4.80. The van der Waals surface area contributed by atoms with Gasteiger partial charge in [-0.2, -0.15) is 0 Å². The van der Waals surface area contributed by atoms with Crippen LogP contribution >= 0.6 is 11.3 Å². The molecule has 0 spiro atoms. The summed E-state index contributed by atoms with van der Waals surface area (Å²) in [4.78, 5) is 7.24. The van der Waals surface area contributed by atoms with Crippen LogP contribution in [0.4, 0.5) is 0 Å². The Morgan fingerprint density at radius 3 is 3.06 bits per heavy atom. The Balaban J connectivity index is 2.13. The SMILES string of the molecule is CCc1nnc2c3c4c(sc3ncn12)CCCC4. The maximum absolute atomic E-state index is 4.60. The van der Waals surface area contributed by atoms with Gasteiger partial charge in [-0.3, -0.25) is 4.40 Å². The summed E-state index contributed by atoms with van der Waals surface area (Å²) in [6.07, 6.45) is 7.74.